The molecular weight excluding hydrogens is 252 g/mol. The van der Waals surface area contributed by atoms with Crippen LogP contribution >= 0.6 is 0 Å². The molecule has 5 nitrogen and oxygen atoms in total. The molecule has 1 aliphatic heterocycles. The highest BCUT2D eigenvalue weighted by molar-refractivity contribution is 5.40. The third-order valence-corrected chi connectivity index (χ3v) is 4.38. The quantitative estimate of drug-likeness (QED) is 0.910. The average Bonchev–Trinajstić information content (AvgIpc) is 3.24. The number of nitrogens with one attached hydrogen (secondary N) is 1. The van der Waals surface area contributed by atoms with Crippen molar-refractivity contribution in [1.29, 1.82) is 0 Å². The van der Waals surface area contributed by atoms with Crippen LogP contribution in [0, 0.1) is 0 Å². The molecule has 3 rings (SSSR count). The van der Waals surface area contributed by atoms with Crippen molar-refractivity contribution in [2.75, 3.05) is 31.6 Å². The molecule has 0 aromatic carbocycles. The minimum atomic E-state index is -0.00986. The smallest absolute Gasteiger partial charge is 0.252 e. The van der Waals surface area contributed by atoms with Crippen molar-refractivity contribution in [3.63, 3.8) is 0 Å². The zero-order valence-corrected chi connectivity index (χ0v) is 12.4. The molecule has 1 aromatic heterocycles. The van der Waals surface area contributed by atoms with Gasteiger partial charge < -0.3 is 14.8 Å². The van der Waals surface area contributed by atoms with Gasteiger partial charge in [-0.3, -0.25) is 4.79 Å². The van der Waals surface area contributed by atoms with E-state index in [1.807, 2.05) is 0 Å². The third kappa shape index (κ3) is 2.87. The number of nitrogens with zero attached hydrogens (tertiary/aromatic N) is 3. The lowest BCUT2D eigenvalue weighted by molar-refractivity contribution is 0.327. The van der Waals surface area contributed by atoms with Gasteiger partial charge in [0.05, 0.1) is 0 Å². The van der Waals surface area contributed by atoms with Gasteiger partial charge >= 0.3 is 0 Å². The van der Waals surface area contributed by atoms with Crippen LogP contribution < -0.4 is 10.5 Å². The molecule has 2 aliphatic rings. The minimum absolute atomic E-state index is 0.00986. The van der Waals surface area contributed by atoms with E-state index in [0.717, 1.165) is 57.0 Å². The van der Waals surface area contributed by atoms with E-state index in [9.17, 15) is 4.79 Å². The number of aromatic nitrogens is 2. The summed E-state index contributed by atoms with van der Waals surface area (Å²) < 4.78 is 0. The molecule has 1 N–H and O–H groups in total. The summed E-state index contributed by atoms with van der Waals surface area (Å²) in [5.41, 5.74) is -0.00986. The summed E-state index contributed by atoms with van der Waals surface area (Å²) in [6, 6.07) is 2.11. The number of H-pyrrole nitrogens is 1. The normalized spacial score (nSPS) is 24.7. The Kier molecular flexibility index (Phi) is 3.78. The molecule has 2 heterocycles. The minimum Gasteiger partial charge on any atom is -0.352 e. The van der Waals surface area contributed by atoms with E-state index in [-0.39, 0.29) is 5.56 Å². The molecule has 20 heavy (non-hydrogen) atoms. The fourth-order valence-electron chi connectivity index (χ4n) is 3.05. The first-order valence-corrected chi connectivity index (χ1v) is 7.74. The lowest BCUT2D eigenvalue weighted by atomic mass is 10.2. The maximum atomic E-state index is 11.9. The van der Waals surface area contributed by atoms with Gasteiger partial charge in [-0.2, -0.15) is 0 Å². The number of hydrogen-bond acceptors (Lipinski definition) is 4. The van der Waals surface area contributed by atoms with E-state index in [0.29, 0.717) is 12.0 Å². The highest BCUT2D eigenvalue weighted by Gasteiger charge is 2.28. The number of rotatable bonds is 3. The molecule has 1 aromatic rings. The zero-order chi connectivity index (χ0) is 14.1. The fraction of sp³-hybridized carbons (Fsp3) is 0.733. The maximum absolute atomic E-state index is 11.9. The third-order valence-electron chi connectivity index (χ3n) is 4.38. The van der Waals surface area contributed by atoms with Crippen molar-refractivity contribution >= 4 is 5.82 Å². The second kappa shape index (κ2) is 5.56. The molecular formula is C15H24N4O. The Bertz CT molecular complexity index is 523. The molecule has 0 bridgehead atoms. The van der Waals surface area contributed by atoms with Crippen molar-refractivity contribution < 1.29 is 0 Å². The van der Waals surface area contributed by atoms with Gasteiger partial charge in [-0.1, -0.05) is 6.92 Å². The highest BCUT2D eigenvalue weighted by atomic mass is 16.1. The van der Waals surface area contributed by atoms with Crippen LogP contribution in [0.5, 0.6) is 0 Å². The van der Waals surface area contributed by atoms with E-state index in [1.54, 1.807) is 6.07 Å². The summed E-state index contributed by atoms with van der Waals surface area (Å²) in [7, 11) is 2.17. The Hall–Kier alpha value is -1.36. The molecule has 1 saturated carbocycles. The molecule has 0 radical (unpaired) electrons. The molecule has 1 unspecified atom stereocenters. The van der Waals surface area contributed by atoms with Crippen LogP contribution in [0.3, 0.4) is 0 Å². The molecule has 110 valence electrons. The van der Waals surface area contributed by atoms with Crippen LogP contribution in [0.4, 0.5) is 5.82 Å². The fourth-order valence-corrected chi connectivity index (χ4v) is 3.05. The largest absolute Gasteiger partial charge is 0.352 e. The second-order valence-corrected chi connectivity index (χ2v) is 6.13. The first-order chi connectivity index (χ1) is 9.67. The standard InChI is InChI=1S/C15H24N4O/c1-3-12-10-18(2)7-4-8-19(12)13-9-14(20)17-15(16-13)11-5-6-11/h9,11-12H,3-8,10H2,1-2H3,(H,16,17,20). The van der Waals surface area contributed by atoms with Crippen LogP contribution in [0.15, 0.2) is 10.9 Å². The monoisotopic (exact) mass is 276 g/mol. The van der Waals surface area contributed by atoms with Gasteiger partial charge in [-0.05, 0) is 39.3 Å². The summed E-state index contributed by atoms with van der Waals surface area (Å²) in [5, 5.41) is 0. The number of aromatic amines is 1. The number of anilines is 1. The van der Waals surface area contributed by atoms with Gasteiger partial charge in [-0.25, -0.2) is 4.98 Å². The van der Waals surface area contributed by atoms with Gasteiger partial charge in [0, 0.05) is 31.1 Å². The lowest BCUT2D eigenvalue weighted by Crippen LogP contribution is -2.41. The predicted octanol–water partition coefficient (Wildman–Crippen LogP) is 1.57. The van der Waals surface area contributed by atoms with Crippen molar-refractivity contribution in [3.05, 3.63) is 22.2 Å². The highest BCUT2D eigenvalue weighted by Crippen LogP contribution is 2.38. The molecule has 1 saturated heterocycles. The van der Waals surface area contributed by atoms with E-state index in [1.165, 1.54) is 0 Å². The average molecular weight is 276 g/mol. The Morgan fingerprint density at radius 1 is 1.40 bits per heavy atom. The molecule has 0 spiro atoms. The van der Waals surface area contributed by atoms with E-state index < -0.39 is 0 Å². The zero-order valence-electron chi connectivity index (χ0n) is 12.4. The topological polar surface area (TPSA) is 52.2 Å². The second-order valence-electron chi connectivity index (χ2n) is 6.13. The Labute approximate surface area is 120 Å². The van der Waals surface area contributed by atoms with Crippen molar-refractivity contribution in [2.24, 2.45) is 0 Å². The molecule has 2 fully saturated rings. The van der Waals surface area contributed by atoms with Gasteiger partial charge in [0.1, 0.15) is 11.6 Å². The summed E-state index contributed by atoms with van der Waals surface area (Å²) in [4.78, 5) is 24.3. The van der Waals surface area contributed by atoms with E-state index >= 15 is 0 Å². The van der Waals surface area contributed by atoms with Gasteiger partial charge in [0.2, 0.25) is 0 Å². The molecule has 1 atom stereocenters. The Balaban J connectivity index is 1.91. The lowest BCUT2D eigenvalue weighted by Gasteiger charge is -2.31. The number of likely N-dealkylation sites (N-methyl/N-ethyl adjacent to an activating group) is 1. The van der Waals surface area contributed by atoms with Crippen LogP contribution in [0.1, 0.15) is 44.3 Å². The van der Waals surface area contributed by atoms with E-state index in [4.69, 9.17) is 4.98 Å². The van der Waals surface area contributed by atoms with Crippen LogP contribution in [0.25, 0.3) is 0 Å². The van der Waals surface area contributed by atoms with Gasteiger partial charge in [-0.15, -0.1) is 0 Å². The Morgan fingerprint density at radius 2 is 2.20 bits per heavy atom. The predicted molar refractivity (Wildman–Crippen MR) is 80.4 cm³/mol. The van der Waals surface area contributed by atoms with Gasteiger partial charge in [0.25, 0.3) is 5.56 Å². The molecule has 0 amide bonds. The first-order valence-electron chi connectivity index (χ1n) is 7.74. The van der Waals surface area contributed by atoms with Crippen molar-refractivity contribution in [2.45, 2.75) is 44.6 Å². The maximum Gasteiger partial charge on any atom is 0.252 e. The SMILES string of the molecule is CCC1CN(C)CCCN1c1cc(=O)[nH]c(C2CC2)n1. The summed E-state index contributed by atoms with van der Waals surface area (Å²) >= 11 is 0. The molecule has 5 heteroatoms. The summed E-state index contributed by atoms with van der Waals surface area (Å²) in [6.07, 6.45) is 4.52. The Morgan fingerprint density at radius 3 is 2.90 bits per heavy atom. The number of hydrogen-bond donors (Lipinski definition) is 1. The summed E-state index contributed by atoms with van der Waals surface area (Å²) in [6.45, 7) is 5.37. The van der Waals surface area contributed by atoms with Crippen LogP contribution in [0.2, 0.25) is 0 Å². The summed E-state index contributed by atoms with van der Waals surface area (Å²) in [5.74, 6) is 2.25. The van der Waals surface area contributed by atoms with Crippen LogP contribution in [-0.2, 0) is 0 Å². The van der Waals surface area contributed by atoms with Crippen molar-refractivity contribution in [1.82, 2.24) is 14.9 Å². The van der Waals surface area contributed by atoms with Crippen LogP contribution in [-0.4, -0.2) is 47.6 Å². The van der Waals surface area contributed by atoms with Crippen molar-refractivity contribution in [3.8, 4) is 0 Å². The van der Waals surface area contributed by atoms with E-state index in [2.05, 4.69) is 28.8 Å². The molecule has 1 aliphatic carbocycles. The van der Waals surface area contributed by atoms with Gasteiger partial charge in [0.15, 0.2) is 0 Å². The first kappa shape index (κ1) is 13.6.